The monoisotopic (exact) mass is 460 g/mol. The normalized spacial score (nSPS) is 14.6. The molecule has 2 aromatic heterocycles. The lowest BCUT2D eigenvalue weighted by molar-refractivity contribution is 0.0901. The molecule has 1 saturated carbocycles. The Labute approximate surface area is 194 Å². The number of aromatic nitrogens is 3. The maximum absolute atomic E-state index is 14.9. The minimum Gasteiger partial charge on any atom is -0.345 e. The number of rotatable bonds is 5. The van der Waals surface area contributed by atoms with Crippen LogP contribution < -0.4 is 10.9 Å². The molecule has 6 nitrogen and oxygen atoms in total. The number of halogens is 2. The number of pyridine rings is 1. The fourth-order valence-corrected chi connectivity index (χ4v) is 4.65. The second kappa shape index (κ2) is 8.78. The number of amides is 1. The highest BCUT2D eigenvalue weighted by atomic mass is 19.1. The molecule has 172 valence electrons. The van der Waals surface area contributed by atoms with Crippen molar-refractivity contribution < 1.29 is 13.6 Å². The molecule has 0 bridgehead atoms. The molecule has 1 atom stereocenters. The third kappa shape index (κ3) is 3.75. The van der Waals surface area contributed by atoms with Crippen LogP contribution in [0.2, 0.25) is 0 Å². The molecule has 5 rings (SSSR count). The Bertz CT molecular complexity index is 1450. The van der Waals surface area contributed by atoms with Crippen LogP contribution in [-0.4, -0.2) is 20.4 Å². The summed E-state index contributed by atoms with van der Waals surface area (Å²) in [4.78, 5) is 35.2. The third-order valence-electron chi connectivity index (χ3n) is 6.52. The zero-order valence-corrected chi connectivity index (χ0v) is 18.5. The highest BCUT2D eigenvalue weighted by molar-refractivity contribution is 6.08. The molecule has 1 aliphatic carbocycles. The molecule has 4 aromatic rings. The van der Waals surface area contributed by atoms with Gasteiger partial charge in [-0.05, 0) is 49.4 Å². The molecular weight excluding hydrogens is 438 g/mol. The van der Waals surface area contributed by atoms with Crippen molar-refractivity contribution in [3.8, 4) is 5.82 Å². The second-order valence-electron chi connectivity index (χ2n) is 8.52. The van der Waals surface area contributed by atoms with E-state index in [0.717, 1.165) is 19.3 Å². The van der Waals surface area contributed by atoms with Crippen LogP contribution in [0.5, 0.6) is 0 Å². The van der Waals surface area contributed by atoms with Crippen molar-refractivity contribution in [2.24, 2.45) is 5.92 Å². The fourth-order valence-electron chi connectivity index (χ4n) is 4.65. The van der Waals surface area contributed by atoms with Crippen LogP contribution in [-0.2, 0) is 0 Å². The first-order chi connectivity index (χ1) is 16.5. The number of carbonyl (C=O) groups is 1. The van der Waals surface area contributed by atoms with Gasteiger partial charge in [0, 0.05) is 23.5 Å². The number of benzene rings is 2. The quantitative estimate of drug-likeness (QED) is 0.471. The highest BCUT2D eigenvalue weighted by Gasteiger charge is 2.32. The summed E-state index contributed by atoms with van der Waals surface area (Å²) in [6, 6.07) is 10.0. The lowest BCUT2D eigenvalue weighted by atomic mass is 9.77. The topological polar surface area (TPSA) is 76.9 Å². The van der Waals surface area contributed by atoms with Gasteiger partial charge in [-0.1, -0.05) is 30.7 Å². The van der Waals surface area contributed by atoms with E-state index in [1.165, 1.54) is 47.4 Å². The summed E-state index contributed by atoms with van der Waals surface area (Å²) in [5, 5.41) is 3.07. The lowest BCUT2D eigenvalue weighted by Crippen LogP contribution is -2.38. The zero-order valence-electron chi connectivity index (χ0n) is 18.5. The van der Waals surface area contributed by atoms with Crippen LogP contribution >= 0.6 is 0 Å². The molecule has 34 heavy (non-hydrogen) atoms. The molecule has 8 heteroatoms. The Kier molecular flexibility index (Phi) is 5.65. The molecule has 2 aromatic carbocycles. The molecule has 0 saturated heterocycles. The maximum atomic E-state index is 14.9. The van der Waals surface area contributed by atoms with Gasteiger partial charge in [-0.2, -0.15) is 0 Å². The molecule has 0 spiro atoms. The minimum atomic E-state index is -0.727. The number of hydrogen-bond donors (Lipinski definition) is 1. The van der Waals surface area contributed by atoms with Crippen molar-refractivity contribution in [1.29, 1.82) is 0 Å². The SMILES string of the molecule is Cc1c(C(=O)N[C@H](c2cccc(F)c2)C2CCC2)c2cccc(F)c2c(=O)n1-c1cnccn1. The minimum absolute atomic E-state index is 0.167. The van der Waals surface area contributed by atoms with Gasteiger partial charge in [0.15, 0.2) is 5.82 Å². The predicted molar refractivity (Wildman–Crippen MR) is 124 cm³/mol. The van der Waals surface area contributed by atoms with Gasteiger partial charge in [-0.25, -0.2) is 13.8 Å². The summed E-state index contributed by atoms with van der Waals surface area (Å²) < 4.78 is 30.0. The van der Waals surface area contributed by atoms with E-state index in [4.69, 9.17) is 0 Å². The van der Waals surface area contributed by atoms with Gasteiger partial charge in [-0.15, -0.1) is 0 Å². The lowest BCUT2D eigenvalue weighted by Gasteiger charge is -2.35. The second-order valence-corrected chi connectivity index (χ2v) is 8.52. The Balaban J connectivity index is 1.67. The Morgan fingerprint density at radius 3 is 2.62 bits per heavy atom. The number of carbonyl (C=O) groups excluding carboxylic acids is 1. The standard InChI is InChI=1S/C26H22F2N4O2/c1-15-22(25(33)31-24(16-5-2-6-16)17-7-3-8-18(27)13-17)19-9-4-10-20(28)23(19)26(34)32(15)21-14-29-11-12-30-21/h3-4,7-14,16,24H,2,5-6H2,1H3,(H,31,33)/t24-/m0/s1. The molecule has 0 radical (unpaired) electrons. The van der Waals surface area contributed by atoms with Gasteiger partial charge in [0.05, 0.1) is 23.2 Å². The van der Waals surface area contributed by atoms with E-state index in [0.29, 0.717) is 11.3 Å². The van der Waals surface area contributed by atoms with Crippen molar-refractivity contribution in [3.63, 3.8) is 0 Å². The number of nitrogens with one attached hydrogen (secondary N) is 1. The van der Waals surface area contributed by atoms with Crippen LogP contribution in [0, 0.1) is 24.5 Å². The van der Waals surface area contributed by atoms with E-state index in [9.17, 15) is 18.4 Å². The molecule has 1 N–H and O–H groups in total. The van der Waals surface area contributed by atoms with Gasteiger partial charge in [0.25, 0.3) is 11.5 Å². The number of nitrogens with zero attached hydrogens (tertiary/aromatic N) is 3. The summed E-state index contributed by atoms with van der Waals surface area (Å²) in [6.45, 7) is 1.62. The average Bonchev–Trinajstić information content (AvgIpc) is 2.78. The van der Waals surface area contributed by atoms with Crippen LogP contribution in [0.1, 0.15) is 46.9 Å². The molecule has 0 aliphatic heterocycles. The maximum Gasteiger partial charge on any atom is 0.267 e. The highest BCUT2D eigenvalue weighted by Crippen LogP contribution is 2.38. The van der Waals surface area contributed by atoms with Crippen molar-refractivity contribution in [1.82, 2.24) is 19.9 Å². The van der Waals surface area contributed by atoms with E-state index in [-0.39, 0.29) is 33.9 Å². The fraction of sp³-hybridized carbons (Fsp3) is 0.231. The van der Waals surface area contributed by atoms with Gasteiger partial charge in [-0.3, -0.25) is 19.1 Å². The number of fused-ring (bicyclic) bond motifs is 1. The van der Waals surface area contributed by atoms with Crippen molar-refractivity contribution in [3.05, 3.63) is 99.9 Å². The largest absolute Gasteiger partial charge is 0.345 e. The first kappa shape index (κ1) is 21.9. The van der Waals surface area contributed by atoms with E-state index in [1.54, 1.807) is 25.1 Å². The van der Waals surface area contributed by atoms with Gasteiger partial charge >= 0.3 is 0 Å². The Morgan fingerprint density at radius 1 is 1.15 bits per heavy atom. The van der Waals surface area contributed by atoms with Gasteiger partial charge in [0.2, 0.25) is 0 Å². The molecule has 1 aliphatic rings. The van der Waals surface area contributed by atoms with Crippen LogP contribution in [0.25, 0.3) is 16.6 Å². The Morgan fingerprint density at radius 2 is 1.94 bits per heavy atom. The Hall–Kier alpha value is -3.94. The van der Waals surface area contributed by atoms with Crippen LogP contribution in [0.15, 0.2) is 65.8 Å². The van der Waals surface area contributed by atoms with Crippen molar-refractivity contribution in [2.45, 2.75) is 32.2 Å². The summed E-state index contributed by atoms with van der Waals surface area (Å²) in [6.07, 6.45) is 7.12. The smallest absolute Gasteiger partial charge is 0.267 e. The van der Waals surface area contributed by atoms with Crippen LogP contribution in [0.3, 0.4) is 0 Å². The summed E-state index contributed by atoms with van der Waals surface area (Å²) >= 11 is 0. The summed E-state index contributed by atoms with van der Waals surface area (Å²) in [5.74, 6) is -1.22. The van der Waals surface area contributed by atoms with E-state index in [1.807, 2.05) is 0 Å². The first-order valence-electron chi connectivity index (χ1n) is 11.1. The predicted octanol–water partition coefficient (Wildman–Crippen LogP) is 4.64. The van der Waals surface area contributed by atoms with Crippen molar-refractivity contribution >= 4 is 16.7 Å². The summed E-state index contributed by atoms with van der Waals surface area (Å²) in [5.41, 5.74) is 0.532. The molecule has 1 amide bonds. The molecule has 1 fully saturated rings. The van der Waals surface area contributed by atoms with E-state index < -0.39 is 23.3 Å². The zero-order chi connectivity index (χ0) is 23.8. The average molecular weight is 460 g/mol. The molecular formula is C26H22F2N4O2. The molecule has 0 unspecified atom stereocenters. The summed E-state index contributed by atoms with van der Waals surface area (Å²) in [7, 11) is 0. The van der Waals surface area contributed by atoms with Gasteiger partial charge in [0.1, 0.15) is 11.6 Å². The first-order valence-corrected chi connectivity index (χ1v) is 11.1. The van der Waals surface area contributed by atoms with Gasteiger partial charge < -0.3 is 5.32 Å². The molecule has 2 heterocycles. The van der Waals surface area contributed by atoms with E-state index in [2.05, 4.69) is 15.3 Å². The third-order valence-corrected chi connectivity index (χ3v) is 6.52. The van der Waals surface area contributed by atoms with Crippen LogP contribution in [0.4, 0.5) is 8.78 Å². The number of hydrogen-bond acceptors (Lipinski definition) is 4. The van der Waals surface area contributed by atoms with E-state index >= 15 is 0 Å². The van der Waals surface area contributed by atoms with Crippen molar-refractivity contribution in [2.75, 3.05) is 0 Å².